The predicted octanol–water partition coefficient (Wildman–Crippen LogP) is 2.26. The first kappa shape index (κ1) is 34.1. The van der Waals surface area contributed by atoms with Gasteiger partial charge in [0.2, 0.25) is 0 Å². The van der Waals surface area contributed by atoms with E-state index in [-0.39, 0.29) is 45.5 Å². The van der Waals surface area contributed by atoms with Crippen LogP contribution in [0.15, 0.2) is 0 Å². The van der Waals surface area contributed by atoms with Crippen molar-refractivity contribution in [2.24, 2.45) is 44.8 Å². The zero-order chi connectivity index (χ0) is 33.6. The van der Waals surface area contributed by atoms with Gasteiger partial charge in [-0.1, -0.05) is 27.7 Å². The van der Waals surface area contributed by atoms with Gasteiger partial charge in [0, 0.05) is 5.92 Å². The molecule has 10 heteroatoms. The third-order valence-corrected chi connectivity index (χ3v) is 15.9. The minimum atomic E-state index is -1.53. The van der Waals surface area contributed by atoms with E-state index in [1.807, 2.05) is 0 Å². The van der Waals surface area contributed by atoms with Crippen molar-refractivity contribution in [3.05, 3.63) is 0 Å². The standard InChI is InChI=1S/C36H60O10/c1-30(2)22(39)8-11-36-17-35(36)13-12-32(5)27(34(7)10-9-23(46-34)31(3,4)43)18(38)15-33(32,6)21(35)14-19(28(30)36)44-29-26(42)25(41)24(40)20(16-37)45-29/h18-29,37-43H,8-17H2,1-7H3. The zero-order valence-electron chi connectivity index (χ0n) is 28.9. The van der Waals surface area contributed by atoms with E-state index in [4.69, 9.17) is 14.2 Å². The molecule has 10 nitrogen and oxygen atoms in total. The van der Waals surface area contributed by atoms with Gasteiger partial charge in [-0.15, -0.1) is 0 Å². The highest BCUT2D eigenvalue weighted by molar-refractivity contribution is 5.33. The van der Waals surface area contributed by atoms with E-state index in [9.17, 15) is 35.7 Å². The molecule has 17 atom stereocenters. The second-order valence-corrected chi connectivity index (χ2v) is 18.7. The molecule has 2 aliphatic heterocycles. The molecule has 7 rings (SSSR count). The van der Waals surface area contributed by atoms with E-state index in [2.05, 4.69) is 34.6 Å². The second kappa shape index (κ2) is 10.3. The Labute approximate surface area is 273 Å². The minimum absolute atomic E-state index is 0.0225. The maximum Gasteiger partial charge on any atom is 0.186 e. The zero-order valence-corrected chi connectivity index (χ0v) is 28.9. The molecule has 0 amide bonds. The topological polar surface area (TPSA) is 169 Å². The first-order valence-electron chi connectivity index (χ1n) is 17.9. The normalized spacial score (nSPS) is 59.3. The van der Waals surface area contributed by atoms with Crippen molar-refractivity contribution >= 4 is 0 Å². The second-order valence-electron chi connectivity index (χ2n) is 18.7. The van der Waals surface area contributed by atoms with Crippen LogP contribution in [0.2, 0.25) is 0 Å². The van der Waals surface area contributed by atoms with Crippen LogP contribution in [0.5, 0.6) is 0 Å². The molecular formula is C36H60O10. The largest absolute Gasteiger partial charge is 0.394 e. The van der Waals surface area contributed by atoms with E-state index in [1.54, 1.807) is 13.8 Å². The molecule has 5 aliphatic carbocycles. The van der Waals surface area contributed by atoms with Gasteiger partial charge in [-0.3, -0.25) is 0 Å². The van der Waals surface area contributed by atoms with E-state index < -0.39 is 72.2 Å². The molecule has 0 bridgehead atoms. The van der Waals surface area contributed by atoms with Crippen LogP contribution in [0.1, 0.15) is 106 Å². The molecule has 17 unspecified atom stereocenters. The SMILES string of the molecule is CC(C)(O)C1CCC(C)(C2C(O)CC3(C)C4CC(OC5OC(CO)C(O)C(O)C5O)C5C(C)(C)C(O)CCC56CC46CCC23C)O1. The van der Waals surface area contributed by atoms with Gasteiger partial charge in [0.15, 0.2) is 6.29 Å². The van der Waals surface area contributed by atoms with Gasteiger partial charge >= 0.3 is 0 Å². The summed E-state index contributed by atoms with van der Waals surface area (Å²) in [5.74, 6) is 0.0768. The molecule has 5 saturated carbocycles. The molecule has 264 valence electrons. The first-order chi connectivity index (χ1) is 21.2. The number of aliphatic hydroxyl groups is 7. The minimum Gasteiger partial charge on any atom is -0.394 e. The molecule has 0 radical (unpaired) electrons. The van der Waals surface area contributed by atoms with Crippen molar-refractivity contribution in [3.8, 4) is 0 Å². The summed E-state index contributed by atoms with van der Waals surface area (Å²) >= 11 is 0. The summed E-state index contributed by atoms with van der Waals surface area (Å²) in [4.78, 5) is 0. The van der Waals surface area contributed by atoms with E-state index in [0.717, 1.165) is 38.5 Å². The summed E-state index contributed by atoms with van der Waals surface area (Å²) in [6.07, 6.45) is -1.07. The lowest BCUT2D eigenvalue weighted by atomic mass is 9.41. The number of hydrogen-bond acceptors (Lipinski definition) is 10. The first-order valence-corrected chi connectivity index (χ1v) is 17.9. The van der Waals surface area contributed by atoms with Crippen LogP contribution >= 0.6 is 0 Å². The number of ether oxygens (including phenoxy) is 3. The lowest BCUT2D eigenvalue weighted by molar-refractivity contribution is -0.331. The monoisotopic (exact) mass is 652 g/mol. The van der Waals surface area contributed by atoms with E-state index in [1.165, 1.54) is 0 Å². The molecular weight excluding hydrogens is 592 g/mol. The molecule has 2 spiro atoms. The van der Waals surface area contributed by atoms with Crippen molar-refractivity contribution in [2.45, 2.75) is 173 Å². The van der Waals surface area contributed by atoms with Crippen LogP contribution in [0.4, 0.5) is 0 Å². The summed E-state index contributed by atoms with van der Waals surface area (Å²) in [5.41, 5.74) is -2.50. The van der Waals surface area contributed by atoms with Gasteiger partial charge < -0.3 is 50.0 Å². The Bertz CT molecular complexity index is 1200. The fourth-order valence-corrected chi connectivity index (χ4v) is 13.6. The Morgan fingerprint density at radius 2 is 1.50 bits per heavy atom. The molecule has 2 saturated heterocycles. The predicted molar refractivity (Wildman–Crippen MR) is 167 cm³/mol. The van der Waals surface area contributed by atoms with Gasteiger partial charge in [0.1, 0.15) is 24.4 Å². The van der Waals surface area contributed by atoms with Gasteiger partial charge in [-0.25, -0.2) is 0 Å². The third-order valence-electron chi connectivity index (χ3n) is 15.9. The summed E-state index contributed by atoms with van der Waals surface area (Å²) in [7, 11) is 0. The van der Waals surface area contributed by atoms with Crippen molar-refractivity contribution < 1.29 is 50.0 Å². The fraction of sp³-hybridized carbons (Fsp3) is 1.00. The summed E-state index contributed by atoms with van der Waals surface area (Å²) < 4.78 is 19.4. The number of fused-ring (bicyclic) bond motifs is 2. The van der Waals surface area contributed by atoms with Crippen LogP contribution in [0, 0.1) is 44.8 Å². The van der Waals surface area contributed by atoms with Crippen molar-refractivity contribution in [1.82, 2.24) is 0 Å². The molecule has 46 heavy (non-hydrogen) atoms. The highest BCUT2D eigenvalue weighted by Crippen LogP contribution is 2.89. The Hall–Kier alpha value is -0.400. The Morgan fingerprint density at radius 3 is 2.13 bits per heavy atom. The third kappa shape index (κ3) is 4.24. The van der Waals surface area contributed by atoms with Gasteiger partial charge in [-0.2, -0.15) is 0 Å². The van der Waals surface area contributed by atoms with E-state index >= 15 is 0 Å². The number of aliphatic hydroxyl groups excluding tert-OH is 6. The molecule has 7 fully saturated rings. The van der Waals surface area contributed by atoms with Crippen LogP contribution in [0.25, 0.3) is 0 Å². The fourth-order valence-electron chi connectivity index (χ4n) is 13.6. The Balaban J connectivity index is 1.26. The molecule has 0 aromatic heterocycles. The quantitative estimate of drug-likeness (QED) is 0.219. The van der Waals surface area contributed by atoms with Gasteiger partial charge in [-0.05, 0) is 117 Å². The lowest BCUT2D eigenvalue weighted by Crippen LogP contribution is -2.64. The van der Waals surface area contributed by atoms with Crippen molar-refractivity contribution in [3.63, 3.8) is 0 Å². The summed E-state index contributed by atoms with van der Waals surface area (Å²) in [6.45, 7) is 14.2. The highest BCUT2D eigenvalue weighted by atomic mass is 16.7. The molecule has 2 heterocycles. The van der Waals surface area contributed by atoms with Crippen LogP contribution in [-0.2, 0) is 14.2 Å². The van der Waals surface area contributed by atoms with Crippen LogP contribution < -0.4 is 0 Å². The average Bonchev–Trinajstić information content (AvgIpc) is 3.33. The van der Waals surface area contributed by atoms with Crippen molar-refractivity contribution in [1.29, 1.82) is 0 Å². The Morgan fingerprint density at radius 1 is 0.804 bits per heavy atom. The lowest BCUT2D eigenvalue weighted by Gasteiger charge is -2.65. The maximum absolute atomic E-state index is 12.0. The van der Waals surface area contributed by atoms with Gasteiger partial charge in [0.25, 0.3) is 0 Å². The Kier molecular flexibility index (Phi) is 7.65. The highest BCUT2D eigenvalue weighted by Gasteiger charge is 2.85. The summed E-state index contributed by atoms with van der Waals surface area (Å²) in [5, 5.41) is 76.2. The summed E-state index contributed by atoms with van der Waals surface area (Å²) in [6, 6.07) is 0. The average molecular weight is 653 g/mol. The van der Waals surface area contributed by atoms with Crippen LogP contribution in [0.3, 0.4) is 0 Å². The smallest absolute Gasteiger partial charge is 0.186 e. The molecule has 0 aromatic rings. The maximum atomic E-state index is 12.0. The molecule has 7 aliphatic rings. The molecule has 7 N–H and O–H groups in total. The van der Waals surface area contributed by atoms with Crippen molar-refractivity contribution in [2.75, 3.05) is 6.61 Å². The molecule has 0 aromatic carbocycles. The number of hydrogen-bond donors (Lipinski definition) is 7. The van der Waals surface area contributed by atoms with Gasteiger partial charge in [0.05, 0.1) is 42.2 Å². The number of rotatable bonds is 5. The van der Waals surface area contributed by atoms with E-state index in [0.29, 0.717) is 19.3 Å². The van der Waals surface area contributed by atoms with Crippen LogP contribution in [-0.4, -0.2) is 109 Å².